The van der Waals surface area contributed by atoms with E-state index in [1.54, 1.807) is 23.7 Å². The van der Waals surface area contributed by atoms with Gasteiger partial charge in [0.1, 0.15) is 11.0 Å². The average molecular weight is 274 g/mol. The van der Waals surface area contributed by atoms with Crippen molar-refractivity contribution >= 4 is 35.1 Å². The molecule has 1 rings (SSSR count). The van der Waals surface area contributed by atoms with Gasteiger partial charge in [0, 0.05) is 24.4 Å². The molecule has 0 aromatic carbocycles. The van der Waals surface area contributed by atoms with Gasteiger partial charge >= 0.3 is 0 Å². The van der Waals surface area contributed by atoms with E-state index in [2.05, 4.69) is 4.98 Å². The molecule has 1 atom stereocenters. The lowest BCUT2D eigenvalue weighted by molar-refractivity contribution is 0.0757. The Morgan fingerprint density at radius 2 is 2.29 bits per heavy atom. The molecule has 2 N–H and O–H groups in total. The molecule has 17 heavy (non-hydrogen) atoms. The molecule has 6 heteroatoms. The Kier molecular flexibility index (Phi) is 5.08. The number of hydrogen-bond donors (Lipinski definition) is 1. The van der Waals surface area contributed by atoms with Crippen LogP contribution in [0.4, 0.5) is 5.82 Å². The number of aromatic nitrogens is 1. The molecule has 0 bridgehead atoms. The van der Waals surface area contributed by atoms with Gasteiger partial charge in [-0.15, -0.1) is 0 Å². The third kappa shape index (κ3) is 3.78. The monoisotopic (exact) mass is 273 g/mol. The summed E-state index contributed by atoms with van der Waals surface area (Å²) in [6.07, 6.45) is 2.01. The van der Waals surface area contributed by atoms with Crippen LogP contribution < -0.4 is 5.73 Å². The van der Waals surface area contributed by atoms with Gasteiger partial charge in [-0.1, -0.05) is 11.6 Å². The molecule has 1 aromatic rings. The molecule has 1 aromatic heterocycles. The molecule has 0 radical (unpaired) electrons. The Balaban J connectivity index is 2.88. The van der Waals surface area contributed by atoms with Crippen molar-refractivity contribution in [2.75, 3.05) is 24.8 Å². The van der Waals surface area contributed by atoms with Crippen LogP contribution in [-0.4, -0.2) is 40.9 Å². The molecule has 1 amide bonds. The predicted molar refractivity (Wildman–Crippen MR) is 73.6 cm³/mol. The van der Waals surface area contributed by atoms with E-state index >= 15 is 0 Å². The molecule has 0 aliphatic heterocycles. The number of carbonyl (C=O) groups is 1. The lowest BCUT2D eigenvalue weighted by Crippen LogP contribution is -2.36. The lowest BCUT2D eigenvalue weighted by atomic mass is 10.2. The zero-order valence-corrected chi connectivity index (χ0v) is 11.7. The Bertz CT molecular complexity index is 393. The number of pyridine rings is 1. The van der Waals surface area contributed by atoms with Gasteiger partial charge in [0.15, 0.2) is 0 Å². The van der Waals surface area contributed by atoms with E-state index in [4.69, 9.17) is 17.3 Å². The van der Waals surface area contributed by atoms with Crippen molar-refractivity contribution < 1.29 is 4.79 Å². The molecule has 0 aliphatic carbocycles. The predicted octanol–water partition coefficient (Wildman–Crippen LogP) is 2.14. The Labute approximate surface area is 111 Å². The zero-order valence-electron chi connectivity index (χ0n) is 10.1. The van der Waals surface area contributed by atoms with E-state index < -0.39 is 0 Å². The number of nitrogen functional groups attached to an aromatic ring is 1. The number of thioether (sulfide) groups is 1. The van der Waals surface area contributed by atoms with Gasteiger partial charge in [-0.3, -0.25) is 4.79 Å². The van der Waals surface area contributed by atoms with E-state index in [-0.39, 0.29) is 22.9 Å². The fraction of sp³-hybridized carbons (Fsp3) is 0.455. The molecule has 0 aliphatic rings. The van der Waals surface area contributed by atoms with Gasteiger partial charge in [-0.2, -0.15) is 11.8 Å². The third-order valence-electron chi connectivity index (χ3n) is 2.45. The largest absolute Gasteiger partial charge is 0.384 e. The van der Waals surface area contributed by atoms with Gasteiger partial charge in [0.25, 0.3) is 5.91 Å². The van der Waals surface area contributed by atoms with Crippen LogP contribution in [0, 0.1) is 0 Å². The number of hydrogen-bond acceptors (Lipinski definition) is 4. The topological polar surface area (TPSA) is 59.2 Å². The summed E-state index contributed by atoms with van der Waals surface area (Å²) in [5, 5.41) is 0.235. The quantitative estimate of drug-likeness (QED) is 0.854. The van der Waals surface area contributed by atoms with E-state index in [1.165, 1.54) is 12.1 Å². The van der Waals surface area contributed by atoms with Gasteiger partial charge in [0.05, 0.1) is 0 Å². The molecule has 1 heterocycles. The highest BCUT2D eigenvalue weighted by Crippen LogP contribution is 2.15. The van der Waals surface area contributed by atoms with E-state index in [0.29, 0.717) is 5.56 Å². The zero-order chi connectivity index (χ0) is 13.0. The first-order valence-corrected chi connectivity index (χ1v) is 6.92. The number of nitrogens with two attached hydrogens (primary N) is 1. The molecule has 4 nitrogen and oxygen atoms in total. The van der Waals surface area contributed by atoms with Crippen LogP contribution in [0.1, 0.15) is 17.3 Å². The molecule has 0 spiro atoms. The van der Waals surface area contributed by atoms with Crippen molar-refractivity contribution in [1.82, 2.24) is 9.88 Å². The molecule has 94 valence electrons. The first-order chi connectivity index (χ1) is 7.95. The number of anilines is 1. The van der Waals surface area contributed by atoms with Crippen molar-refractivity contribution in [3.05, 3.63) is 22.8 Å². The van der Waals surface area contributed by atoms with E-state index in [9.17, 15) is 4.79 Å². The van der Waals surface area contributed by atoms with Crippen molar-refractivity contribution in [1.29, 1.82) is 0 Å². The van der Waals surface area contributed by atoms with Gasteiger partial charge in [-0.25, -0.2) is 4.98 Å². The smallest absolute Gasteiger partial charge is 0.254 e. The fourth-order valence-electron chi connectivity index (χ4n) is 1.40. The van der Waals surface area contributed by atoms with Crippen LogP contribution in [0.2, 0.25) is 5.15 Å². The molecule has 1 unspecified atom stereocenters. The number of carbonyl (C=O) groups excluding carboxylic acids is 1. The summed E-state index contributed by atoms with van der Waals surface area (Å²) < 4.78 is 0. The normalized spacial score (nSPS) is 12.2. The SMILES string of the molecule is CSCC(C)N(C)C(=O)c1cc(N)nc(Cl)c1. The summed E-state index contributed by atoms with van der Waals surface area (Å²) in [5.74, 6) is 1.05. The summed E-state index contributed by atoms with van der Waals surface area (Å²) >= 11 is 7.47. The maximum atomic E-state index is 12.1. The van der Waals surface area contributed by atoms with Crippen LogP contribution in [0.15, 0.2) is 12.1 Å². The van der Waals surface area contributed by atoms with Gasteiger partial charge in [-0.05, 0) is 25.3 Å². The van der Waals surface area contributed by atoms with E-state index in [0.717, 1.165) is 5.75 Å². The summed E-state index contributed by atoms with van der Waals surface area (Å²) in [4.78, 5) is 17.6. The third-order valence-corrected chi connectivity index (χ3v) is 3.46. The second kappa shape index (κ2) is 6.12. The minimum Gasteiger partial charge on any atom is -0.384 e. The van der Waals surface area contributed by atoms with Crippen molar-refractivity contribution in [3.63, 3.8) is 0 Å². The number of nitrogens with zero attached hydrogens (tertiary/aromatic N) is 2. The average Bonchev–Trinajstić information content (AvgIpc) is 2.26. The van der Waals surface area contributed by atoms with Crippen LogP contribution in [-0.2, 0) is 0 Å². The van der Waals surface area contributed by atoms with Crippen LogP contribution in [0.3, 0.4) is 0 Å². The van der Waals surface area contributed by atoms with Crippen LogP contribution in [0.5, 0.6) is 0 Å². The number of rotatable bonds is 4. The second-order valence-corrected chi connectivity index (χ2v) is 5.12. The highest BCUT2D eigenvalue weighted by molar-refractivity contribution is 7.98. The molecular weight excluding hydrogens is 258 g/mol. The van der Waals surface area contributed by atoms with E-state index in [1.807, 2.05) is 13.2 Å². The standard InChI is InChI=1S/C11H16ClN3OS/c1-7(6-17-3)15(2)11(16)8-4-9(12)14-10(13)5-8/h4-5,7H,6H2,1-3H3,(H2,13,14). The summed E-state index contributed by atoms with van der Waals surface area (Å²) in [7, 11) is 1.77. The summed E-state index contributed by atoms with van der Waals surface area (Å²) in [6.45, 7) is 2.00. The highest BCUT2D eigenvalue weighted by atomic mass is 35.5. The number of halogens is 1. The fourth-order valence-corrected chi connectivity index (χ4v) is 2.32. The maximum Gasteiger partial charge on any atom is 0.254 e. The van der Waals surface area contributed by atoms with Crippen molar-refractivity contribution in [2.24, 2.45) is 0 Å². The van der Waals surface area contributed by atoms with Gasteiger partial charge in [0.2, 0.25) is 0 Å². The second-order valence-electron chi connectivity index (χ2n) is 3.82. The minimum atomic E-state index is -0.0949. The minimum absolute atomic E-state index is 0.0949. The lowest BCUT2D eigenvalue weighted by Gasteiger charge is -2.24. The molecular formula is C11H16ClN3OS. The van der Waals surface area contributed by atoms with Crippen molar-refractivity contribution in [3.8, 4) is 0 Å². The van der Waals surface area contributed by atoms with Gasteiger partial charge < -0.3 is 10.6 Å². The Hall–Kier alpha value is -0.940. The molecule has 0 saturated carbocycles. The Morgan fingerprint density at radius 1 is 1.65 bits per heavy atom. The maximum absolute atomic E-state index is 12.1. The van der Waals surface area contributed by atoms with Crippen LogP contribution >= 0.6 is 23.4 Å². The summed E-state index contributed by atoms with van der Waals surface area (Å²) in [6, 6.07) is 3.23. The Morgan fingerprint density at radius 3 is 2.82 bits per heavy atom. The van der Waals surface area contributed by atoms with Crippen LogP contribution in [0.25, 0.3) is 0 Å². The number of amides is 1. The molecule has 0 fully saturated rings. The molecule has 0 saturated heterocycles. The first kappa shape index (κ1) is 14.1. The highest BCUT2D eigenvalue weighted by Gasteiger charge is 2.18. The van der Waals surface area contributed by atoms with Crippen molar-refractivity contribution in [2.45, 2.75) is 13.0 Å². The summed E-state index contributed by atoms with van der Waals surface area (Å²) in [5.41, 5.74) is 6.03. The first-order valence-electron chi connectivity index (χ1n) is 5.15.